The maximum Gasteiger partial charge on any atom is 0.313 e. The van der Waals surface area contributed by atoms with Gasteiger partial charge in [-0.25, -0.2) is 0 Å². The number of rotatable bonds is 6. The lowest BCUT2D eigenvalue weighted by molar-refractivity contribution is -0.136. The highest BCUT2D eigenvalue weighted by Gasteiger charge is 2.26. The molecule has 3 aromatic rings. The first-order valence-electron chi connectivity index (χ1n) is 11.1. The van der Waals surface area contributed by atoms with Crippen molar-refractivity contribution in [1.29, 1.82) is 0 Å². The summed E-state index contributed by atoms with van der Waals surface area (Å²) in [6.45, 7) is 5.02. The number of carbonyl (C=O) groups excluding carboxylic acids is 2. The van der Waals surface area contributed by atoms with E-state index >= 15 is 0 Å². The number of methoxy groups -OCH3 is 1. The summed E-state index contributed by atoms with van der Waals surface area (Å²) in [5.74, 6) is -0.904. The Balaban J connectivity index is 1.52. The Morgan fingerprint density at radius 1 is 1.03 bits per heavy atom. The van der Waals surface area contributed by atoms with Crippen LogP contribution < -0.4 is 15.4 Å². The van der Waals surface area contributed by atoms with Crippen LogP contribution >= 0.6 is 0 Å². The lowest BCUT2D eigenvalue weighted by Crippen LogP contribution is -2.45. The number of amides is 2. The van der Waals surface area contributed by atoms with Crippen molar-refractivity contribution in [1.82, 2.24) is 10.2 Å². The van der Waals surface area contributed by atoms with Crippen LogP contribution in [0.1, 0.15) is 17.2 Å². The topological polar surface area (TPSA) is 79.9 Å². The van der Waals surface area contributed by atoms with Gasteiger partial charge in [-0.2, -0.15) is 0 Å². The molecule has 0 unspecified atom stereocenters. The average Bonchev–Trinajstić information content (AvgIpc) is 2.85. The third-order valence-electron chi connectivity index (χ3n) is 5.93. The van der Waals surface area contributed by atoms with Crippen LogP contribution in [-0.2, 0) is 14.3 Å². The van der Waals surface area contributed by atoms with E-state index in [2.05, 4.69) is 39.8 Å². The van der Waals surface area contributed by atoms with Gasteiger partial charge in [0, 0.05) is 19.6 Å². The molecule has 1 saturated heterocycles. The van der Waals surface area contributed by atoms with Crippen LogP contribution in [0.4, 0.5) is 5.69 Å². The van der Waals surface area contributed by atoms with E-state index in [0.29, 0.717) is 31.2 Å². The minimum absolute atomic E-state index is 0.0785. The van der Waals surface area contributed by atoms with Crippen LogP contribution in [0.2, 0.25) is 0 Å². The van der Waals surface area contributed by atoms with Gasteiger partial charge in [-0.05, 0) is 41.0 Å². The molecule has 0 radical (unpaired) electrons. The fourth-order valence-electron chi connectivity index (χ4n) is 4.23. The van der Waals surface area contributed by atoms with Gasteiger partial charge in [-0.1, -0.05) is 48.5 Å². The second-order valence-electron chi connectivity index (χ2n) is 8.10. The van der Waals surface area contributed by atoms with Crippen molar-refractivity contribution in [2.75, 3.05) is 45.3 Å². The Bertz CT molecular complexity index is 1140. The number of ether oxygens (including phenoxy) is 2. The number of carbonyl (C=O) groups is 2. The summed E-state index contributed by atoms with van der Waals surface area (Å²) < 4.78 is 10.8. The number of morpholine rings is 1. The molecular weight excluding hydrogens is 418 g/mol. The summed E-state index contributed by atoms with van der Waals surface area (Å²) in [6, 6.07) is 19.7. The van der Waals surface area contributed by atoms with Crippen LogP contribution in [0.5, 0.6) is 5.75 Å². The maximum absolute atomic E-state index is 12.7. The van der Waals surface area contributed by atoms with Gasteiger partial charge in [0.25, 0.3) is 0 Å². The summed E-state index contributed by atoms with van der Waals surface area (Å²) in [7, 11) is 1.53. The highest BCUT2D eigenvalue weighted by atomic mass is 16.5. The third kappa shape index (κ3) is 5.32. The summed E-state index contributed by atoms with van der Waals surface area (Å²) >= 11 is 0. The van der Waals surface area contributed by atoms with Crippen molar-refractivity contribution in [3.8, 4) is 5.75 Å². The zero-order valence-corrected chi connectivity index (χ0v) is 19.0. The zero-order valence-electron chi connectivity index (χ0n) is 19.0. The Kier molecular flexibility index (Phi) is 7.22. The standard InChI is InChI=1S/C26H29N3O4/c1-18-10-11-24(32-2)22(16-18)28-26(31)25(30)27-17-23(29-12-14-33-15-13-29)21-9-5-7-19-6-3-4-8-20(19)21/h3-11,16,23H,12-15,17H2,1-2H3,(H,27,30)(H,28,31)/t23-/m1/s1. The molecule has 0 aliphatic carbocycles. The van der Waals surface area contributed by atoms with E-state index in [1.165, 1.54) is 7.11 Å². The first-order chi connectivity index (χ1) is 16.1. The molecule has 172 valence electrons. The van der Waals surface area contributed by atoms with Crippen molar-refractivity contribution in [3.63, 3.8) is 0 Å². The minimum Gasteiger partial charge on any atom is -0.495 e. The molecule has 7 heteroatoms. The van der Waals surface area contributed by atoms with Crippen LogP contribution in [0.15, 0.2) is 60.7 Å². The van der Waals surface area contributed by atoms with Gasteiger partial charge in [-0.3, -0.25) is 14.5 Å². The van der Waals surface area contributed by atoms with Crippen LogP contribution in [0, 0.1) is 6.92 Å². The highest BCUT2D eigenvalue weighted by Crippen LogP contribution is 2.29. The number of benzene rings is 3. The normalized spacial score (nSPS) is 15.1. The zero-order chi connectivity index (χ0) is 23.2. The first-order valence-corrected chi connectivity index (χ1v) is 11.1. The summed E-state index contributed by atoms with van der Waals surface area (Å²) in [4.78, 5) is 27.6. The van der Waals surface area contributed by atoms with Gasteiger partial charge < -0.3 is 20.1 Å². The summed E-state index contributed by atoms with van der Waals surface area (Å²) in [5.41, 5.74) is 2.54. The second kappa shape index (κ2) is 10.5. The van der Waals surface area contributed by atoms with Gasteiger partial charge in [0.05, 0.1) is 32.1 Å². The van der Waals surface area contributed by atoms with E-state index in [1.54, 1.807) is 12.1 Å². The van der Waals surface area contributed by atoms with Crippen molar-refractivity contribution < 1.29 is 19.1 Å². The molecule has 0 bridgehead atoms. The third-order valence-corrected chi connectivity index (χ3v) is 5.93. The number of fused-ring (bicyclic) bond motifs is 1. The fraction of sp³-hybridized carbons (Fsp3) is 0.308. The number of nitrogens with one attached hydrogen (secondary N) is 2. The molecule has 1 fully saturated rings. The molecule has 1 atom stereocenters. The van der Waals surface area contributed by atoms with E-state index in [9.17, 15) is 9.59 Å². The largest absolute Gasteiger partial charge is 0.495 e. The molecule has 0 spiro atoms. The number of nitrogens with zero attached hydrogens (tertiary/aromatic N) is 1. The molecule has 7 nitrogen and oxygen atoms in total. The molecule has 33 heavy (non-hydrogen) atoms. The molecule has 0 saturated carbocycles. The molecule has 1 aliphatic heterocycles. The smallest absolute Gasteiger partial charge is 0.313 e. The molecule has 4 rings (SSSR count). The van der Waals surface area contributed by atoms with E-state index in [4.69, 9.17) is 9.47 Å². The molecule has 1 heterocycles. The lowest BCUT2D eigenvalue weighted by atomic mass is 9.97. The van der Waals surface area contributed by atoms with Crippen molar-refractivity contribution in [3.05, 3.63) is 71.8 Å². The summed E-state index contributed by atoms with van der Waals surface area (Å²) in [6.07, 6.45) is 0. The highest BCUT2D eigenvalue weighted by molar-refractivity contribution is 6.39. The lowest BCUT2D eigenvalue weighted by Gasteiger charge is -2.35. The monoisotopic (exact) mass is 447 g/mol. The number of aryl methyl sites for hydroxylation is 1. The van der Waals surface area contributed by atoms with Gasteiger partial charge in [0.15, 0.2) is 0 Å². The van der Waals surface area contributed by atoms with Gasteiger partial charge in [0.1, 0.15) is 5.75 Å². The Morgan fingerprint density at radius 3 is 2.58 bits per heavy atom. The van der Waals surface area contributed by atoms with Gasteiger partial charge in [-0.15, -0.1) is 0 Å². The second-order valence-corrected chi connectivity index (χ2v) is 8.10. The summed E-state index contributed by atoms with van der Waals surface area (Å²) in [5, 5.41) is 7.79. The molecule has 2 amide bonds. The SMILES string of the molecule is COc1ccc(C)cc1NC(=O)C(=O)NC[C@H](c1cccc2ccccc12)N1CCOCC1. The molecule has 1 aliphatic rings. The Morgan fingerprint density at radius 2 is 1.79 bits per heavy atom. The van der Waals surface area contributed by atoms with Crippen LogP contribution in [0.3, 0.4) is 0 Å². The predicted octanol–water partition coefficient (Wildman–Crippen LogP) is 3.29. The quantitative estimate of drug-likeness (QED) is 0.567. The van der Waals surface area contributed by atoms with E-state index in [0.717, 1.165) is 35.0 Å². The number of anilines is 1. The molecule has 3 aromatic carbocycles. The first kappa shape index (κ1) is 22.8. The maximum atomic E-state index is 12.7. The van der Waals surface area contributed by atoms with Crippen molar-refractivity contribution in [2.24, 2.45) is 0 Å². The molecular formula is C26H29N3O4. The van der Waals surface area contributed by atoms with E-state index < -0.39 is 11.8 Å². The fourth-order valence-corrected chi connectivity index (χ4v) is 4.23. The van der Waals surface area contributed by atoms with E-state index in [1.807, 2.05) is 31.2 Å². The predicted molar refractivity (Wildman–Crippen MR) is 128 cm³/mol. The average molecular weight is 448 g/mol. The molecule has 0 aromatic heterocycles. The van der Waals surface area contributed by atoms with Crippen molar-refractivity contribution in [2.45, 2.75) is 13.0 Å². The Labute approximate surface area is 193 Å². The van der Waals surface area contributed by atoms with Gasteiger partial charge in [0.2, 0.25) is 0 Å². The van der Waals surface area contributed by atoms with Gasteiger partial charge >= 0.3 is 11.8 Å². The van der Waals surface area contributed by atoms with Crippen molar-refractivity contribution >= 4 is 28.3 Å². The Hall–Kier alpha value is -3.42. The number of hydrogen-bond acceptors (Lipinski definition) is 5. The number of hydrogen-bond donors (Lipinski definition) is 2. The van der Waals surface area contributed by atoms with Crippen LogP contribution in [-0.4, -0.2) is 56.7 Å². The molecule has 2 N–H and O–H groups in total. The van der Waals surface area contributed by atoms with E-state index in [-0.39, 0.29) is 6.04 Å². The van der Waals surface area contributed by atoms with Crippen LogP contribution in [0.25, 0.3) is 10.8 Å². The minimum atomic E-state index is -0.724.